The van der Waals surface area contributed by atoms with Crippen LogP contribution in [0.25, 0.3) is 0 Å². The summed E-state index contributed by atoms with van der Waals surface area (Å²) in [6.45, 7) is 7.78. The van der Waals surface area contributed by atoms with E-state index in [2.05, 4.69) is 9.97 Å². The molecule has 9 nitrogen and oxygen atoms in total. The molecule has 1 atom stereocenters. The molecule has 1 aromatic heterocycles. The van der Waals surface area contributed by atoms with Crippen molar-refractivity contribution < 1.29 is 19.0 Å². The smallest absolute Gasteiger partial charge is 0.255 e. The molecule has 172 valence electrons. The van der Waals surface area contributed by atoms with Gasteiger partial charge in [0.15, 0.2) is 17.6 Å². The molecule has 1 fully saturated rings. The quantitative estimate of drug-likeness (QED) is 0.695. The maximum atomic E-state index is 12.9. The highest BCUT2D eigenvalue weighted by molar-refractivity contribution is 5.76. The van der Waals surface area contributed by atoms with Crippen molar-refractivity contribution in [1.82, 2.24) is 14.9 Å². The first-order chi connectivity index (χ1) is 15.5. The molecule has 4 rings (SSSR count). The van der Waals surface area contributed by atoms with Crippen molar-refractivity contribution in [3.8, 4) is 11.5 Å². The third kappa shape index (κ3) is 5.04. The van der Waals surface area contributed by atoms with Crippen LogP contribution in [0, 0.1) is 6.92 Å². The molecule has 0 bridgehead atoms. The topological polar surface area (TPSA) is 97.0 Å². The van der Waals surface area contributed by atoms with E-state index in [1.807, 2.05) is 43.0 Å². The number of nitrogens with one attached hydrogen (secondary N) is 1. The van der Waals surface area contributed by atoms with Crippen LogP contribution in [0.2, 0.25) is 0 Å². The number of aromatic nitrogens is 2. The van der Waals surface area contributed by atoms with Gasteiger partial charge >= 0.3 is 0 Å². The highest BCUT2D eigenvalue weighted by Gasteiger charge is 2.25. The van der Waals surface area contributed by atoms with E-state index < -0.39 is 0 Å². The normalized spacial score (nSPS) is 17.8. The standard InChI is InChI=1S/C23H30N4O5/c1-3-26(14-17-15-31-19-6-4-5-7-20(19)32-17)21(28)9-8-18-16(2)24-23(25-22(18)29)27-10-12-30-13-11-27/h4-7,17H,3,8-15H2,1-2H3,(H,24,25,29). The Hall–Kier alpha value is -3.07. The van der Waals surface area contributed by atoms with Gasteiger partial charge in [-0.3, -0.25) is 14.6 Å². The molecular formula is C23H30N4O5. The zero-order valence-electron chi connectivity index (χ0n) is 18.6. The van der Waals surface area contributed by atoms with Crippen molar-refractivity contribution in [1.29, 1.82) is 0 Å². The highest BCUT2D eigenvalue weighted by Crippen LogP contribution is 2.31. The number of anilines is 1. The molecule has 3 heterocycles. The third-order valence-electron chi connectivity index (χ3n) is 5.84. The Balaban J connectivity index is 1.35. The second kappa shape index (κ2) is 10.0. The number of aryl methyl sites for hydroxylation is 1. The minimum atomic E-state index is -0.228. The molecule has 1 aromatic carbocycles. The fourth-order valence-electron chi connectivity index (χ4n) is 4.01. The van der Waals surface area contributed by atoms with Gasteiger partial charge in [-0.2, -0.15) is 0 Å². The number of benzene rings is 1. The monoisotopic (exact) mass is 442 g/mol. The van der Waals surface area contributed by atoms with Crippen LogP contribution in [0.5, 0.6) is 11.5 Å². The second-order valence-electron chi connectivity index (χ2n) is 7.98. The van der Waals surface area contributed by atoms with Crippen LogP contribution in [0.15, 0.2) is 29.1 Å². The lowest BCUT2D eigenvalue weighted by Crippen LogP contribution is -2.43. The molecule has 2 aliphatic rings. The Morgan fingerprint density at radius 1 is 1.25 bits per heavy atom. The SMILES string of the molecule is CCN(CC1COc2ccccc2O1)C(=O)CCc1c(C)nc(N2CCOCC2)[nH]c1=O. The second-order valence-corrected chi connectivity index (χ2v) is 7.98. The molecule has 0 saturated carbocycles. The van der Waals surface area contributed by atoms with Gasteiger partial charge in [0.2, 0.25) is 11.9 Å². The number of para-hydroxylation sites is 2. The molecule has 1 N–H and O–H groups in total. The molecule has 2 aliphatic heterocycles. The number of nitrogens with zero attached hydrogens (tertiary/aromatic N) is 3. The summed E-state index contributed by atoms with van der Waals surface area (Å²) in [5.41, 5.74) is 1.03. The summed E-state index contributed by atoms with van der Waals surface area (Å²) in [7, 11) is 0. The molecule has 0 spiro atoms. The summed E-state index contributed by atoms with van der Waals surface area (Å²) in [5.74, 6) is 1.96. The molecule has 9 heteroatoms. The Kier molecular flexibility index (Phi) is 6.94. The minimum absolute atomic E-state index is 0.0222. The average Bonchev–Trinajstić information content (AvgIpc) is 2.82. The van der Waals surface area contributed by atoms with Crippen molar-refractivity contribution in [3.05, 3.63) is 45.9 Å². The number of H-pyrrole nitrogens is 1. The first-order valence-corrected chi connectivity index (χ1v) is 11.1. The fourth-order valence-corrected chi connectivity index (χ4v) is 4.01. The number of morpholine rings is 1. The molecule has 32 heavy (non-hydrogen) atoms. The number of carbonyl (C=O) groups is 1. The zero-order valence-corrected chi connectivity index (χ0v) is 18.6. The summed E-state index contributed by atoms with van der Waals surface area (Å²) in [4.78, 5) is 36.8. The molecule has 0 radical (unpaired) electrons. The molecule has 2 aromatic rings. The van der Waals surface area contributed by atoms with Gasteiger partial charge in [0, 0.05) is 37.3 Å². The van der Waals surface area contributed by atoms with Crippen LogP contribution < -0.4 is 19.9 Å². The van der Waals surface area contributed by atoms with Crippen LogP contribution in [-0.4, -0.2) is 72.9 Å². The zero-order chi connectivity index (χ0) is 22.5. The highest BCUT2D eigenvalue weighted by atomic mass is 16.6. The van der Waals surface area contributed by atoms with Gasteiger partial charge in [-0.25, -0.2) is 4.98 Å². The van der Waals surface area contributed by atoms with Gasteiger partial charge in [-0.15, -0.1) is 0 Å². The number of rotatable bonds is 7. The van der Waals surface area contributed by atoms with Crippen LogP contribution in [-0.2, 0) is 16.0 Å². The van der Waals surface area contributed by atoms with Gasteiger partial charge in [0.25, 0.3) is 5.56 Å². The summed E-state index contributed by atoms with van der Waals surface area (Å²) in [6.07, 6.45) is 0.353. The largest absolute Gasteiger partial charge is 0.486 e. The van der Waals surface area contributed by atoms with Gasteiger partial charge in [0.1, 0.15) is 6.61 Å². The number of hydrogen-bond acceptors (Lipinski definition) is 7. The molecular weight excluding hydrogens is 412 g/mol. The molecule has 1 amide bonds. The molecule has 1 saturated heterocycles. The Morgan fingerprint density at radius 3 is 2.72 bits per heavy atom. The van der Waals surface area contributed by atoms with Crippen molar-refractivity contribution in [2.45, 2.75) is 32.8 Å². The van der Waals surface area contributed by atoms with E-state index in [1.54, 1.807) is 4.90 Å². The van der Waals surface area contributed by atoms with E-state index in [4.69, 9.17) is 14.2 Å². The van der Waals surface area contributed by atoms with E-state index in [0.717, 1.165) is 5.75 Å². The number of hydrogen-bond donors (Lipinski definition) is 1. The van der Waals surface area contributed by atoms with Crippen LogP contribution in [0.4, 0.5) is 5.95 Å². The van der Waals surface area contributed by atoms with Crippen molar-refractivity contribution in [3.63, 3.8) is 0 Å². The number of ether oxygens (including phenoxy) is 3. The van der Waals surface area contributed by atoms with E-state index in [9.17, 15) is 9.59 Å². The summed E-state index contributed by atoms with van der Waals surface area (Å²) in [6, 6.07) is 7.52. The molecule has 0 aliphatic carbocycles. The average molecular weight is 443 g/mol. The Morgan fingerprint density at radius 2 is 2.00 bits per heavy atom. The lowest BCUT2D eigenvalue weighted by molar-refractivity contribution is -0.132. The first-order valence-electron chi connectivity index (χ1n) is 11.1. The maximum Gasteiger partial charge on any atom is 0.255 e. The van der Waals surface area contributed by atoms with Crippen molar-refractivity contribution >= 4 is 11.9 Å². The molecule has 1 unspecified atom stereocenters. The summed E-state index contributed by atoms with van der Waals surface area (Å²) >= 11 is 0. The summed E-state index contributed by atoms with van der Waals surface area (Å²) in [5, 5.41) is 0. The van der Waals surface area contributed by atoms with E-state index in [-0.39, 0.29) is 24.0 Å². The Bertz CT molecular complexity index is 1000. The van der Waals surface area contributed by atoms with Crippen molar-refractivity contribution in [2.75, 3.05) is 50.9 Å². The number of likely N-dealkylation sites (N-methyl/N-ethyl adjacent to an activating group) is 1. The minimum Gasteiger partial charge on any atom is -0.486 e. The predicted molar refractivity (Wildman–Crippen MR) is 120 cm³/mol. The lowest BCUT2D eigenvalue weighted by Gasteiger charge is -2.31. The predicted octanol–water partition coefficient (Wildman–Crippen LogP) is 1.54. The number of amides is 1. The van der Waals surface area contributed by atoms with E-state index in [1.165, 1.54) is 0 Å². The Labute approximate surface area is 187 Å². The van der Waals surface area contributed by atoms with Gasteiger partial charge in [-0.05, 0) is 32.4 Å². The summed E-state index contributed by atoms with van der Waals surface area (Å²) < 4.78 is 17.1. The van der Waals surface area contributed by atoms with Crippen molar-refractivity contribution in [2.24, 2.45) is 0 Å². The number of carbonyl (C=O) groups excluding carboxylic acids is 1. The maximum absolute atomic E-state index is 12.9. The van der Waals surface area contributed by atoms with Crippen LogP contribution >= 0.6 is 0 Å². The third-order valence-corrected chi connectivity index (χ3v) is 5.84. The van der Waals surface area contributed by atoms with Crippen LogP contribution in [0.3, 0.4) is 0 Å². The van der Waals surface area contributed by atoms with Gasteiger partial charge < -0.3 is 24.0 Å². The number of fused-ring (bicyclic) bond motifs is 1. The number of aromatic amines is 1. The van der Waals surface area contributed by atoms with E-state index >= 15 is 0 Å². The van der Waals surface area contributed by atoms with Gasteiger partial charge in [-0.1, -0.05) is 12.1 Å². The first kappa shape index (κ1) is 22.1. The van der Waals surface area contributed by atoms with Crippen LogP contribution in [0.1, 0.15) is 24.6 Å². The van der Waals surface area contributed by atoms with Gasteiger partial charge in [0.05, 0.1) is 19.8 Å². The van der Waals surface area contributed by atoms with E-state index in [0.29, 0.717) is 75.4 Å². The lowest BCUT2D eigenvalue weighted by atomic mass is 10.1. The fraction of sp³-hybridized carbons (Fsp3) is 0.522.